The summed E-state index contributed by atoms with van der Waals surface area (Å²) in [6, 6.07) is -8.80. The molecule has 6 heterocycles. The highest BCUT2D eigenvalue weighted by Gasteiger charge is 2.50. The molecule has 18 amide bonds. The lowest BCUT2D eigenvalue weighted by atomic mass is 9.97. The summed E-state index contributed by atoms with van der Waals surface area (Å²) in [6.45, 7) is -3.50. The number of aliphatic hydroxyl groups excluding tert-OH is 9. The molecule has 0 radical (unpaired) electrons. The number of carbonyl (C=O) groups is 19. The van der Waals surface area contributed by atoms with E-state index in [1.807, 2.05) is 0 Å². The molecule has 121 heavy (non-hydrogen) atoms. The molecule has 6 aliphatic heterocycles. The van der Waals surface area contributed by atoms with Gasteiger partial charge in [0, 0.05) is 123 Å². The summed E-state index contributed by atoms with van der Waals surface area (Å²) in [4.78, 5) is 249. The number of hydrogen-bond donors (Lipinski definition) is 22. The lowest BCUT2D eigenvalue weighted by Gasteiger charge is -2.42. The lowest BCUT2D eigenvalue weighted by Crippen LogP contribution is -2.64. The van der Waals surface area contributed by atoms with Gasteiger partial charge in [-0.2, -0.15) is 0 Å². The number of thioether (sulfide) groups is 3. The van der Waals surface area contributed by atoms with Crippen molar-refractivity contribution in [1.29, 1.82) is 0 Å². The van der Waals surface area contributed by atoms with Crippen molar-refractivity contribution in [2.24, 2.45) is 0 Å². The first-order chi connectivity index (χ1) is 57.3. The van der Waals surface area contributed by atoms with Gasteiger partial charge in [-0.15, -0.1) is 35.3 Å². The summed E-state index contributed by atoms with van der Waals surface area (Å²) in [6.07, 6.45) is -20.3. The van der Waals surface area contributed by atoms with E-state index >= 15 is 0 Å². The third-order valence-electron chi connectivity index (χ3n) is 18.8. The van der Waals surface area contributed by atoms with E-state index in [0.717, 1.165) is 54.2 Å². The number of aliphatic carboxylic acids is 1. The Bertz CT molecular complexity index is 3730. The van der Waals surface area contributed by atoms with Crippen LogP contribution in [0, 0.1) is 0 Å². The van der Waals surface area contributed by atoms with Gasteiger partial charge in [0.25, 0.3) is 0 Å². The standard InChI is InChI=1S/C68H103N15O35S3/c1-29(87)75-33(26-119-39-17-47(96)81(63(39)110)11-5-42(91)69-8-14-113-66-51(76-30(2)88)57(104)54(101)36(23-84)116-66)60(107)72-20-45(94)79-34(27-120-40-18-48(97)82(64(40)111)12-6-43(92)70-9-15-114-67-52(77-31(3)89)58(105)55(102)37(24-85)117-67)61(108)73-21-46(95)80-35(62(109)74-22-50(99)100)28-121-41-19-49(98)83(65(41)112)13-7-44(93)71-10-16-115-68-53(78-32(4)90)59(106)56(103)38(25-86)118-68/h33-41,51-59,66-68,84-86,101-106H,5-28H2,1-4H3,(H,69,91)(H,70,92)(H,71,93)(H,72,107)(H,73,108)(H,74,109)(H,75,87)(H,76,88)(H,77,89)(H,78,90)(H,79,94)(H,80,95)(H,99,100)/t33-,34-,35-,36+,37+,38+,39?,40?,41?,51+,52+,53+,54+,55+,56+,57+,58+,59+,66+,67+,68+/m0/s1. The number of amides is 18. The van der Waals surface area contributed by atoms with E-state index in [4.69, 9.17) is 28.4 Å². The molecule has 0 aromatic heterocycles. The van der Waals surface area contributed by atoms with Gasteiger partial charge in [-0.1, -0.05) is 0 Å². The van der Waals surface area contributed by atoms with E-state index in [0.29, 0.717) is 23.5 Å². The molecule has 0 saturated carbocycles. The van der Waals surface area contributed by atoms with Gasteiger partial charge in [-0.3, -0.25) is 106 Å². The maximum Gasteiger partial charge on any atom is 0.322 e. The molecule has 6 fully saturated rings. The summed E-state index contributed by atoms with van der Waals surface area (Å²) in [5, 5.41) is 125. The van der Waals surface area contributed by atoms with Gasteiger partial charge in [0.1, 0.15) is 97.7 Å². The Morgan fingerprint density at radius 3 is 0.917 bits per heavy atom. The van der Waals surface area contributed by atoms with Crippen LogP contribution < -0.4 is 63.8 Å². The molecule has 22 N–H and O–H groups in total. The minimum Gasteiger partial charge on any atom is -0.480 e. The quantitative estimate of drug-likeness (QED) is 0.0199. The van der Waals surface area contributed by atoms with Gasteiger partial charge < -0.3 is 143 Å². The highest BCUT2D eigenvalue weighted by molar-refractivity contribution is 8.01. The van der Waals surface area contributed by atoms with Gasteiger partial charge in [-0.25, -0.2) is 0 Å². The van der Waals surface area contributed by atoms with Gasteiger partial charge in [-0.05, 0) is 0 Å². The highest BCUT2D eigenvalue weighted by Crippen LogP contribution is 2.31. The highest BCUT2D eigenvalue weighted by atomic mass is 32.2. The van der Waals surface area contributed by atoms with Crippen LogP contribution in [0.2, 0.25) is 0 Å². The summed E-state index contributed by atoms with van der Waals surface area (Å²) in [7, 11) is 0. The zero-order chi connectivity index (χ0) is 89.6. The number of likely N-dealkylation sites (tertiary alicyclic amines) is 3. The van der Waals surface area contributed by atoms with Crippen molar-refractivity contribution in [3.63, 3.8) is 0 Å². The topological polar surface area (TPSA) is 736 Å². The average Bonchev–Trinajstić information content (AvgIpc) is 1.81. The van der Waals surface area contributed by atoms with Crippen molar-refractivity contribution < 1.29 is 171 Å². The average molecular weight is 1790 g/mol. The largest absolute Gasteiger partial charge is 0.480 e. The second-order valence-electron chi connectivity index (χ2n) is 28.0. The van der Waals surface area contributed by atoms with E-state index in [9.17, 15) is 142 Å². The molecule has 0 aromatic rings. The molecule has 6 rings (SSSR count). The van der Waals surface area contributed by atoms with Crippen molar-refractivity contribution >= 4 is 148 Å². The summed E-state index contributed by atoms with van der Waals surface area (Å²) in [5.74, 6) is -17.9. The molecule has 0 aliphatic carbocycles. The normalized spacial score (nSPS) is 27.3. The molecule has 0 aromatic carbocycles. The smallest absolute Gasteiger partial charge is 0.322 e. The number of ether oxygens (including phenoxy) is 6. The molecule has 50 nitrogen and oxygen atoms in total. The predicted molar refractivity (Wildman–Crippen MR) is 408 cm³/mol. The first-order valence-electron chi connectivity index (χ1n) is 37.9. The van der Waals surface area contributed by atoms with E-state index in [2.05, 4.69) is 63.8 Å². The van der Waals surface area contributed by atoms with Crippen LogP contribution >= 0.6 is 35.3 Å². The van der Waals surface area contributed by atoms with Crippen LogP contribution in [-0.4, -0.2) is 420 Å². The number of aliphatic hydroxyl groups is 9. The molecule has 0 spiro atoms. The lowest BCUT2D eigenvalue weighted by molar-refractivity contribution is -0.269. The predicted octanol–water partition coefficient (Wildman–Crippen LogP) is -15.1. The van der Waals surface area contributed by atoms with Gasteiger partial charge in [0.05, 0.1) is 68.5 Å². The molecular weight excluding hydrogens is 1680 g/mol. The fraction of sp³-hybridized carbons (Fsp3) is 0.721. The SMILES string of the molecule is CC(=O)N[C@H]1[C@H](OCCNC(=O)CCN2C(=O)CC(SC[C@H](NC(C)=O)C(=O)NCC(=O)N[C@@H](CSC3CC(=O)N(CCC(=O)NCCO[C@@H]4O[C@H](CO)[C@@H](O)[C@H](O)[C@H]4NC(C)=O)C3=O)C(=O)NCC(=O)N[C@@H](CSC3CC(=O)N(CCC(=O)NCCO[C@@H]4O[C@H](CO)[C@@H](O)[C@H](O)[C@H]4NC(C)=O)C3=O)C(=O)NCC(=O)O)C2=O)O[C@H](CO)[C@@H](O)[C@@H]1O. The monoisotopic (exact) mass is 1790 g/mol. The van der Waals surface area contributed by atoms with Crippen LogP contribution in [0.4, 0.5) is 0 Å². The van der Waals surface area contributed by atoms with Crippen molar-refractivity contribution in [2.45, 2.75) is 192 Å². The first-order valence-corrected chi connectivity index (χ1v) is 41.0. The second-order valence-corrected chi connectivity index (χ2v) is 31.7. The Morgan fingerprint density at radius 1 is 0.388 bits per heavy atom. The van der Waals surface area contributed by atoms with Crippen LogP contribution in [0.3, 0.4) is 0 Å². The molecule has 0 bridgehead atoms. The number of rotatable bonds is 48. The number of hydrogen-bond acceptors (Lipinski definition) is 37. The number of nitrogens with one attached hydrogen (secondary N) is 12. The number of carboxylic acid groups (broad SMARTS) is 1. The van der Waals surface area contributed by atoms with Crippen molar-refractivity contribution in [3.8, 4) is 0 Å². The second kappa shape index (κ2) is 49.3. The first kappa shape index (κ1) is 101. The fourth-order valence-electron chi connectivity index (χ4n) is 12.7. The Labute approximate surface area is 701 Å². The number of nitrogens with zero attached hydrogens (tertiary/aromatic N) is 3. The van der Waals surface area contributed by atoms with Crippen molar-refractivity contribution in [2.75, 3.05) is 116 Å². The van der Waals surface area contributed by atoms with Gasteiger partial charge in [0.2, 0.25) is 106 Å². The molecule has 6 aliphatic rings. The number of carbonyl (C=O) groups excluding carboxylic acids is 18. The summed E-state index contributed by atoms with van der Waals surface area (Å²) >= 11 is 2.09. The maximum absolute atomic E-state index is 14.1. The Morgan fingerprint density at radius 2 is 0.661 bits per heavy atom. The van der Waals surface area contributed by atoms with E-state index in [1.165, 1.54) is 0 Å². The molecule has 678 valence electrons. The van der Waals surface area contributed by atoms with E-state index in [1.54, 1.807) is 0 Å². The van der Waals surface area contributed by atoms with E-state index < -0.39 is 353 Å². The van der Waals surface area contributed by atoms with Crippen LogP contribution in [0.25, 0.3) is 0 Å². The van der Waals surface area contributed by atoms with Crippen molar-refractivity contribution in [1.82, 2.24) is 78.5 Å². The third kappa shape index (κ3) is 30.8. The van der Waals surface area contributed by atoms with Gasteiger partial charge >= 0.3 is 5.97 Å². The molecule has 53 heteroatoms. The maximum atomic E-state index is 14.1. The fourth-order valence-corrected chi connectivity index (χ4v) is 16.3. The van der Waals surface area contributed by atoms with Gasteiger partial charge in [0.15, 0.2) is 18.9 Å². The minimum absolute atomic E-state index is 0.187. The number of carboxylic acids is 1. The van der Waals surface area contributed by atoms with Crippen LogP contribution in [0.5, 0.6) is 0 Å². The Hall–Kier alpha value is -9.02. The summed E-state index contributed by atoms with van der Waals surface area (Å²) in [5.41, 5.74) is 0. The zero-order valence-electron chi connectivity index (χ0n) is 65.8. The van der Waals surface area contributed by atoms with Crippen molar-refractivity contribution in [3.05, 3.63) is 0 Å². The minimum atomic E-state index is -1.78. The molecule has 3 unspecified atom stereocenters. The molecule has 6 saturated heterocycles. The molecule has 21 atom stereocenters. The third-order valence-corrected chi connectivity index (χ3v) is 22.7. The van der Waals surface area contributed by atoms with E-state index in [-0.39, 0.29) is 39.5 Å². The summed E-state index contributed by atoms with van der Waals surface area (Å²) < 4.78 is 33.2. The number of imide groups is 3. The molecular formula is C68H103N15O35S3. The Balaban J connectivity index is 1.05. The van der Waals surface area contributed by atoms with Crippen LogP contribution in [-0.2, 0) is 120 Å². The van der Waals surface area contributed by atoms with Crippen LogP contribution in [0.1, 0.15) is 66.2 Å². The Kier molecular flexibility index (Phi) is 41.1. The van der Waals surface area contributed by atoms with Crippen LogP contribution in [0.15, 0.2) is 0 Å². The zero-order valence-corrected chi connectivity index (χ0v) is 68.3.